The Labute approximate surface area is 161 Å². The van der Waals surface area contributed by atoms with Gasteiger partial charge in [-0.1, -0.05) is 6.07 Å². The largest absolute Gasteiger partial charge is 0.351 e. The van der Waals surface area contributed by atoms with Gasteiger partial charge in [-0.05, 0) is 37.0 Å². The maximum absolute atomic E-state index is 12.3. The monoisotopic (exact) mass is 402 g/mol. The molecule has 1 saturated heterocycles. The second-order valence-electron chi connectivity index (χ2n) is 6.67. The van der Waals surface area contributed by atoms with Gasteiger partial charge in [-0.2, -0.15) is 0 Å². The molecule has 26 heavy (non-hydrogen) atoms. The van der Waals surface area contributed by atoms with Crippen LogP contribution in [-0.4, -0.2) is 65.0 Å². The third-order valence-corrected chi connectivity index (χ3v) is 6.01. The number of benzene rings is 1. The molecule has 3 N–H and O–H groups in total. The maximum Gasteiger partial charge on any atom is 0.251 e. The summed E-state index contributed by atoms with van der Waals surface area (Å²) in [4.78, 5) is 14.7. The molecule has 1 amide bonds. The molecule has 1 saturated carbocycles. The van der Waals surface area contributed by atoms with Crippen molar-refractivity contribution >= 4 is 28.3 Å². The lowest BCUT2D eigenvalue weighted by Crippen LogP contribution is -2.46. The number of nitrogens with one attached hydrogen (secondary N) is 3. The molecule has 0 atom stereocenters. The van der Waals surface area contributed by atoms with E-state index in [9.17, 15) is 13.2 Å². The number of halogens is 1. The van der Waals surface area contributed by atoms with E-state index in [1.807, 2.05) is 0 Å². The molecule has 1 aliphatic carbocycles. The third-order valence-electron chi connectivity index (χ3n) is 4.59. The zero-order chi connectivity index (χ0) is 17.7. The van der Waals surface area contributed by atoms with Crippen LogP contribution in [-0.2, 0) is 10.0 Å². The highest BCUT2D eigenvalue weighted by Gasteiger charge is 2.24. The van der Waals surface area contributed by atoms with Gasteiger partial charge in [-0.3, -0.25) is 9.69 Å². The Kier molecular flexibility index (Phi) is 7.85. The van der Waals surface area contributed by atoms with Crippen LogP contribution in [0, 0.1) is 5.92 Å². The molecule has 3 rings (SSSR count). The Morgan fingerprint density at radius 2 is 1.96 bits per heavy atom. The predicted octanol–water partition coefficient (Wildman–Crippen LogP) is 0.432. The number of hydrogen-bond donors (Lipinski definition) is 3. The summed E-state index contributed by atoms with van der Waals surface area (Å²) in [6.45, 7) is 5.74. The predicted molar refractivity (Wildman–Crippen MR) is 103 cm³/mol. The van der Waals surface area contributed by atoms with Gasteiger partial charge in [0.1, 0.15) is 0 Å². The number of nitrogens with zero attached hydrogens (tertiary/aromatic N) is 1. The van der Waals surface area contributed by atoms with Gasteiger partial charge in [-0.25, -0.2) is 13.1 Å². The Morgan fingerprint density at radius 3 is 2.65 bits per heavy atom. The maximum atomic E-state index is 12.3. The molecule has 7 nitrogen and oxygen atoms in total. The molecule has 0 spiro atoms. The van der Waals surface area contributed by atoms with E-state index >= 15 is 0 Å². The van der Waals surface area contributed by atoms with Crippen LogP contribution in [0.25, 0.3) is 0 Å². The molecule has 146 valence electrons. The number of hydrogen-bond acceptors (Lipinski definition) is 5. The van der Waals surface area contributed by atoms with Gasteiger partial charge in [0.05, 0.1) is 4.90 Å². The SMILES string of the molecule is Cl.O=C(NCCN1CCNCC1)c1cccc(S(=O)(=O)NCC2CC2)c1. The molecular formula is C17H27ClN4O3S. The molecule has 1 aromatic carbocycles. The minimum Gasteiger partial charge on any atom is -0.351 e. The average Bonchev–Trinajstić information content (AvgIpc) is 3.45. The van der Waals surface area contributed by atoms with E-state index in [0.717, 1.165) is 45.6 Å². The first-order valence-corrected chi connectivity index (χ1v) is 10.3. The molecule has 0 aromatic heterocycles. The van der Waals surface area contributed by atoms with Crippen LogP contribution < -0.4 is 15.4 Å². The van der Waals surface area contributed by atoms with E-state index in [4.69, 9.17) is 0 Å². The van der Waals surface area contributed by atoms with Crippen molar-refractivity contribution in [2.45, 2.75) is 17.7 Å². The molecule has 1 aromatic rings. The zero-order valence-electron chi connectivity index (χ0n) is 14.7. The van der Waals surface area contributed by atoms with Crippen molar-refractivity contribution < 1.29 is 13.2 Å². The summed E-state index contributed by atoms with van der Waals surface area (Å²) in [6.07, 6.45) is 2.16. The highest BCUT2D eigenvalue weighted by atomic mass is 35.5. The number of carbonyl (C=O) groups is 1. The molecule has 2 fully saturated rings. The Hall–Kier alpha value is -1.19. The first kappa shape index (κ1) is 21.1. The van der Waals surface area contributed by atoms with Crippen molar-refractivity contribution in [3.05, 3.63) is 29.8 Å². The van der Waals surface area contributed by atoms with Gasteiger partial charge >= 0.3 is 0 Å². The summed E-state index contributed by atoms with van der Waals surface area (Å²) >= 11 is 0. The summed E-state index contributed by atoms with van der Waals surface area (Å²) in [5.41, 5.74) is 0.370. The molecule has 9 heteroatoms. The number of piperazine rings is 1. The van der Waals surface area contributed by atoms with Crippen LogP contribution in [0.5, 0.6) is 0 Å². The molecule has 0 bridgehead atoms. The van der Waals surface area contributed by atoms with Crippen molar-refractivity contribution in [2.75, 3.05) is 45.8 Å². The average molecular weight is 403 g/mol. The molecule has 2 aliphatic rings. The Morgan fingerprint density at radius 1 is 1.23 bits per heavy atom. The minimum absolute atomic E-state index is 0. The Bertz CT molecular complexity index is 704. The molecule has 1 heterocycles. The lowest BCUT2D eigenvalue weighted by Gasteiger charge is -2.27. The third kappa shape index (κ3) is 6.21. The number of amides is 1. The first-order chi connectivity index (χ1) is 12.0. The standard InChI is InChI=1S/C17H26N4O3S.ClH/c22-17(19-8-11-21-9-6-18-7-10-21)15-2-1-3-16(12-15)25(23,24)20-13-14-4-5-14;/h1-3,12,14,18,20H,4-11,13H2,(H,19,22);1H. The summed E-state index contributed by atoms with van der Waals surface area (Å²) in [7, 11) is -3.55. The van der Waals surface area contributed by atoms with Crippen LogP contribution in [0.3, 0.4) is 0 Å². The highest BCUT2D eigenvalue weighted by molar-refractivity contribution is 7.89. The molecule has 1 aliphatic heterocycles. The zero-order valence-corrected chi connectivity index (χ0v) is 16.4. The van der Waals surface area contributed by atoms with Gasteiger partial charge in [0.2, 0.25) is 10.0 Å². The van der Waals surface area contributed by atoms with Gasteiger partial charge in [0, 0.05) is 51.4 Å². The van der Waals surface area contributed by atoms with Crippen LogP contribution in [0.1, 0.15) is 23.2 Å². The second-order valence-corrected chi connectivity index (χ2v) is 8.44. The number of carbonyl (C=O) groups excluding carboxylic acids is 1. The molecular weight excluding hydrogens is 376 g/mol. The summed E-state index contributed by atoms with van der Waals surface area (Å²) < 4.78 is 27.2. The second kappa shape index (κ2) is 9.66. The first-order valence-electron chi connectivity index (χ1n) is 8.85. The van der Waals surface area contributed by atoms with E-state index < -0.39 is 10.0 Å². The molecule has 0 unspecified atom stereocenters. The van der Waals surface area contributed by atoms with E-state index in [1.165, 1.54) is 12.1 Å². The lowest BCUT2D eigenvalue weighted by atomic mass is 10.2. The van der Waals surface area contributed by atoms with Crippen LogP contribution in [0.15, 0.2) is 29.2 Å². The van der Waals surface area contributed by atoms with Crippen LogP contribution in [0.4, 0.5) is 0 Å². The van der Waals surface area contributed by atoms with Crippen molar-refractivity contribution in [1.82, 2.24) is 20.3 Å². The van der Waals surface area contributed by atoms with Crippen molar-refractivity contribution in [2.24, 2.45) is 5.92 Å². The van der Waals surface area contributed by atoms with E-state index in [0.29, 0.717) is 24.6 Å². The normalized spacial score (nSPS) is 18.2. The minimum atomic E-state index is -3.55. The van der Waals surface area contributed by atoms with E-state index in [2.05, 4.69) is 20.3 Å². The lowest BCUT2D eigenvalue weighted by molar-refractivity contribution is 0.0947. The fourth-order valence-electron chi connectivity index (χ4n) is 2.80. The smallest absolute Gasteiger partial charge is 0.251 e. The van der Waals surface area contributed by atoms with Crippen LogP contribution in [0.2, 0.25) is 0 Å². The topological polar surface area (TPSA) is 90.5 Å². The summed E-state index contributed by atoms with van der Waals surface area (Å²) in [5.74, 6) is 0.223. The number of sulfonamides is 1. The van der Waals surface area contributed by atoms with Gasteiger partial charge in [0.25, 0.3) is 5.91 Å². The van der Waals surface area contributed by atoms with Crippen LogP contribution >= 0.6 is 12.4 Å². The Balaban J connectivity index is 0.00000243. The van der Waals surface area contributed by atoms with E-state index in [1.54, 1.807) is 12.1 Å². The quantitative estimate of drug-likeness (QED) is 0.586. The van der Waals surface area contributed by atoms with Gasteiger partial charge < -0.3 is 10.6 Å². The molecule has 0 radical (unpaired) electrons. The van der Waals surface area contributed by atoms with E-state index in [-0.39, 0.29) is 23.2 Å². The highest BCUT2D eigenvalue weighted by Crippen LogP contribution is 2.28. The van der Waals surface area contributed by atoms with Gasteiger partial charge in [-0.15, -0.1) is 12.4 Å². The van der Waals surface area contributed by atoms with Crippen molar-refractivity contribution in [1.29, 1.82) is 0 Å². The van der Waals surface area contributed by atoms with Gasteiger partial charge in [0.15, 0.2) is 0 Å². The summed E-state index contributed by atoms with van der Waals surface area (Å²) in [5, 5.41) is 6.16. The fourth-order valence-corrected chi connectivity index (χ4v) is 3.96. The van der Waals surface area contributed by atoms with Crippen molar-refractivity contribution in [3.63, 3.8) is 0 Å². The number of rotatable bonds is 8. The van der Waals surface area contributed by atoms with Crippen molar-refractivity contribution in [3.8, 4) is 0 Å². The summed E-state index contributed by atoms with van der Waals surface area (Å²) in [6, 6.07) is 6.21. The fraction of sp³-hybridized carbons (Fsp3) is 0.588.